The molecule has 2 N–H and O–H groups in total. The van der Waals surface area contributed by atoms with Gasteiger partial charge in [-0.15, -0.1) is 0 Å². The fourth-order valence-electron chi connectivity index (χ4n) is 9.57. The van der Waals surface area contributed by atoms with Crippen LogP contribution in [0.3, 0.4) is 0 Å². The van der Waals surface area contributed by atoms with Gasteiger partial charge < -0.3 is 19.9 Å². The van der Waals surface area contributed by atoms with E-state index in [0.717, 1.165) is 62.6 Å². The molecule has 1 aromatic heterocycles. The number of piperazine rings is 1. The number of nitrogens with one attached hydrogen (secondary N) is 2. The average molecular weight is 791 g/mol. The van der Waals surface area contributed by atoms with Gasteiger partial charge in [-0.1, -0.05) is 39.3 Å². The molecule has 3 saturated heterocycles. The van der Waals surface area contributed by atoms with Gasteiger partial charge in [0.05, 0.1) is 22.2 Å². The summed E-state index contributed by atoms with van der Waals surface area (Å²) < 4.78 is 7.57. The second-order valence-corrected chi connectivity index (χ2v) is 17.4. The van der Waals surface area contributed by atoms with Gasteiger partial charge in [-0.2, -0.15) is 10.4 Å². The van der Waals surface area contributed by atoms with Gasteiger partial charge in [-0.05, 0) is 61.0 Å². The topological polar surface area (TPSA) is 153 Å². The lowest BCUT2D eigenvalue weighted by molar-refractivity contribution is -0.164. The maximum atomic E-state index is 13.5. The van der Waals surface area contributed by atoms with Crippen molar-refractivity contribution in [3.05, 3.63) is 93.4 Å². The van der Waals surface area contributed by atoms with Gasteiger partial charge in [0.2, 0.25) is 5.91 Å². The number of fused-ring (bicyclic) bond motifs is 1. The zero-order valence-corrected chi connectivity index (χ0v) is 33.4. The number of hydrogen-bond donors (Lipinski definition) is 2. The van der Waals surface area contributed by atoms with E-state index >= 15 is 0 Å². The summed E-state index contributed by atoms with van der Waals surface area (Å²) in [6, 6.07) is 19.9. The molecule has 8 rings (SSSR count). The number of imide groups is 1. The molecule has 4 aromatic rings. The number of halogens is 1. The number of rotatable bonds is 9. The minimum absolute atomic E-state index is 0.110. The van der Waals surface area contributed by atoms with E-state index in [1.54, 1.807) is 24.4 Å². The average Bonchev–Trinajstić information content (AvgIpc) is 3.17. The Morgan fingerprint density at radius 3 is 2.32 bits per heavy atom. The Labute approximate surface area is 336 Å². The lowest BCUT2D eigenvalue weighted by Gasteiger charge is -2.63. The standard InChI is InChI=1S/C43H47ClN8O5/c1-42(2)40(43(3,4)41(42)57-32-11-7-28(21-45)34(44)20-32)48-37(54)27-5-8-30(9-6-27)51-24-26(25-51)23-49-15-17-50(18-16-49)31-10-12-33-29(19-31)22-46-52(39(33)56)35-13-14-36(53)47-38(35)55/h5-12,19-20,22,26,35,40-41H,13-18,23-25H2,1-4H3,(H,48,54)(H,47,53,55)/t35-,40?,41?/m1/s1. The summed E-state index contributed by atoms with van der Waals surface area (Å²) in [5.41, 5.74) is 2.15. The fourth-order valence-corrected chi connectivity index (χ4v) is 9.78. The molecule has 1 saturated carbocycles. The molecule has 3 aromatic carbocycles. The maximum Gasteiger partial charge on any atom is 0.275 e. The van der Waals surface area contributed by atoms with Crippen molar-refractivity contribution >= 4 is 51.5 Å². The van der Waals surface area contributed by atoms with Crippen molar-refractivity contribution in [3.63, 3.8) is 0 Å². The Kier molecular flexibility index (Phi) is 9.98. The zero-order valence-electron chi connectivity index (χ0n) is 32.6. The lowest BCUT2D eigenvalue weighted by Crippen LogP contribution is -2.74. The van der Waals surface area contributed by atoms with Gasteiger partial charge in [0.1, 0.15) is 24.0 Å². The predicted molar refractivity (Wildman–Crippen MR) is 218 cm³/mol. The third-order valence-electron chi connectivity index (χ3n) is 12.4. The van der Waals surface area contributed by atoms with Crippen LogP contribution in [-0.2, 0) is 9.59 Å². The summed E-state index contributed by atoms with van der Waals surface area (Å²) in [7, 11) is 0. The third-order valence-corrected chi connectivity index (χ3v) is 12.7. The summed E-state index contributed by atoms with van der Waals surface area (Å²) in [5.74, 6) is 0.237. The van der Waals surface area contributed by atoms with E-state index in [9.17, 15) is 24.4 Å². The van der Waals surface area contributed by atoms with E-state index in [-0.39, 0.29) is 53.2 Å². The highest BCUT2D eigenvalue weighted by atomic mass is 35.5. The van der Waals surface area contributed by atoms with Gasteiger partial charge in [-0.25, -0.2) is 4.68 Å². The molecule has 3 aliphatic heterocycles. The Balaban J connectivity index is 0.796. The highest BCUT2D eigenvalue weighted by molar-refractivity contribution is 6.31. The Morgan fingerprint density at radius 1 is 0.947 bits per heavy atom. The van der Waals surface area contributed by atoms with E-state index in [1.165, 1.54) is 4.68 Å². The molecule has 13 nitrogen and oxygen atoms in total. The van der Waals surface area contributed by atoms with Crippen LogP contribution in [-0.4, -0.2) is 90.4 Å². The number of carbonyl (C=O) groups is 3. The minimum atomic E-state index is -0.784. The molecule has 1 atom stereocenters. The van der Waals surface area contributed by atoms with Gasteiger partial charge in [0.15, 0.2) is 0 Å². The number of nitrogens with zero attached hydrogens (tertiary/aromatic N) is 6. The summed E-state index contributed by atoms with van der Waals surface area (Å²) in [6.07, 6.45) is 1.90. The molecule has 4 heterocycles. The molecular formula is C43H47ClN8O5. The van der Waals surface area contributed by atoms with Crippen molar-refractivity contribution in [3.8, 4) is 11.8 Å². The van der Waals surface area contributed by atoms with Crippen LogP contribution in [0.2, 0.25) is 5.02 Å². The van der Waals surface area contributed by atoms with E-state index in [2.05, 4.69) is 64.2 Å². The van der Waals surface area contributed by atoms with E-state index in [4.69, 9.17) is 16.3 Å². The first kappa shape index (κ1) is 38.4. The first-order valence-corrected chi connectivity index (χ1v) is 20.0. The van der Waals surface area contributed by atoms with Crippen LogP contribution in [0.1, 0.15) is 62.5 Å². The second kappa shape index (κ2) is 14.8. The smallest absolute Gasteiger partial charge is 0.275 e. The van der Waals surface area contributed by atoms with Crippen LogP contribution >= 0.6 is 11.6 Å². The second-order valence-electron chi connectivity index (χ2n) is 17.0. The molecule has 4 fully saturated rings. The highest BCUT2D eigenvalue weighted by Crippen LogP contribution is 2.55. The van der Waals surface area contributed by atoms with E-state index in [1.807, 2.05) is 42.5 Å². The molecule has 0 bridgehead atoms. The van der Waals surface area contributed by atoms with Crippen LogP contribution in [0.15, 0.2) is 71.7 Å². The van der Waals surface area contributed by atoms with Crippen molar-refractivity contribution in [1.82, 2.24) is 25.3 Å². The molecule has 0 spiro atoms. The summed E-state index contributed by atoms with van der Waals surface area (Å²) in [5, 5.41) is 20.7. The third kappa shape index (κ3) is 7.21. The van der Waals surface area contributed by atoms with E-state index in [0.29, 0.717) is 33.2 Å². The van der Waals surface area contributed by atoms with Crippen molar-refractivity contribution in [1.29, 1.82) is 5.26 Å². The molecular weight excluding hydrogens is 744 g/mol. The van der Waals surface area contributed by atoms with Crippen molar-refractivity contribution < 1.29 is 19.1 Å². The summed E-state index contributed by atoms with van der Waals surface area (Å²) in [6.45, 7) is 15.0. The van der Waals surface area contributed by atoms with Gasteiger partial charge in [0, 0.05) is 103 Å². The molecule has 57 heavy (non-hydrogen) atoms. The van der Waals surface area contributed by atoms with Crippen LogP contribution in [0, 0.1) is 28.1 Å². The molecule has 296 valence electrons. The van der Waals surface area contributed by atoms with Crippen molar-refractivity contribution in [2.24, 2.45) is 16.7 Å². The van der Waals surface area contributed by atoms with Crippen LogP contribution in [0.5, 0.6) is 5.75 Å². The number of aromatic nitrogens is 2. The first-order chi connectivity index (χ1) is 27.2. The lowest BCUT2D eigenvalue weighted by atomic mass is 9.49. The number of benzene rings is 3. The molecule has 0 unspecified atom stereocenters. The van der Waals surface area contributed by atoms with Crippen LogP contribution in [0.25, 0.3) is 10.8 Å². The Hall–Kier alpha value is -5.45. The number of anilines is 2. The molecule has 14 heteroatoms. The number of hydrogen-bond acceptors (Lipinski definition) is 10. The first-order valence-electron chi connectivity index (χ1n) is 19.6. The number of carbonyl (C=O) groups excluding carboxylic acids is 3. The fraction of sp³-hybridized carbons (Fsp3) is 0.442. The molecule has 0 radical (unpaired) electrons. The minimum Gasteiger partial charge on any atom is -0.489 e. The van der Waals surface area contributed by atoms with Gasteiger partial charge in [-0.3, -0.25) is 29.4 Å². The quantitative estimate of drug-likeness (QED) is 0.227. The number of ether oxygens (including phenoxy) is 1. The van der Waals surface area contributed by atoms with E-state index < -0.39 is 11.9 Å². The molecule has 3 amide bonds. The maximum absolute atomic E-state index is 13.5. The number of amides is 3. The highest BCUT2D eigenvalue weighted by Gasteiger charge is 2.64. The molecule has 1 aliphatic carbocycles. The van der Waals surface area contributed by atoms with Crippen LogP contribution in [0.4, 0.5) is 11.4 Å². The van der Waals surface area contributed by atoms with Crippen LogP contribution < -0.4 is 30.7 Å². The Morgan fingerprint density at radius 2 is 1.65 bits per heavy atom. The van der Waals surface area contributed by atoms with Crippen molar-refractivity contribution in [2.75, 3.05) is 55.6 Å². The van der Waals surface area contributed by atoms with Gasteiger partial charge in [0.25, 0.3) is 17.4 Å². The predicted octanol–water partition coefficient (Wildman–Crippen LogP) is 4.77. The summed E-state index contributed by atoms with van der Waals surface area (Å²) in [4.78, 5) is 57.8. The largest absolute Gasteiger partial charge is 0.489 e. The Bertz CT molecular complexity index is 2320. The van der Waals surface area contributed by atoms with Gasteiger partial charge >= 0.3 is 0 Å². The number of piperidine rings is 1. The monoisotopic (exact) mass is 790 g/mol. The normalized spacial score (nSPS) is 23.3. The molecule has 4 aliphatic rings. The SMILES string of the molecule is CC1(C)C(NC(=O)c2ccc(N3CC(CN4CCN(c5ccc6c(=O)n([C@@H]7CCC(=O)NC7=O)ncc6c5)CC4)C3)cc2)C(C)(C)C1Oc1ccc(C#N)c(Cl)c1. The zero-order chi connectivity index (χ0) is 40.2. The summed E-state index contributed by atoms with van der Waals surface area (Å²) >= 11 is 6.25. The number of nitriles is 1. The van der Waals surface area contributed by atoms with Crippen molar-refractivity contribution in [2.45, 2.75) is 58.7 Å².